The van der Waals surface area contributed by atoms with E-state index in [1.807, 2.05) is 24.3 Å². The topological polar surface area (TPSA) is 154 Å². The van der Waals surface area contributed by atoms with E-state index < -0.39 is 24.4 Å². The van der Waals surface area contributed by atoms with Crippen LogP contribution in [0.4, 0.5) is 16.2 Å². The van der Waals surface area contributed by atoms with Crippen molar-refractivity contribution in [3.8, 4) is 22.6 Å². The van der Waals surface area contributed by atoms with E-state index in [1.54, 1.807) is 24.3 Å². The van der Waals surface area contributed by atoms with E-state index in [2.05, 4.69) is 48.8 Å². The fourth-order valence-electron chi connectivity index (χ4n) is 6.95. The second-order valence-corrected chi connectivity index (χ2v) is 23.5. The maximum Gasteiger partial charge on any atom is 0.412 e. The van der Waals surface area contributed by atoms with Crippen molar-refractivity contribution >= 4 is 47.4 Å². The molecule has 0 spiro atoms. The van der Waals surface area contributed by atoms with E-state index in [9.17, 15) is 28.5 Å². The van der Waals surface area contributed by atoms with Crippen molar-refractivity contribution in [2.45, 2.75) is 109 Å². The van der Waals surface area contributed by atoms with Crippen LogP contribution in [0.25, 0.3) is 11.1 Å². The van der Waals surface area contributed by atoms with Gasteiger partial charge in [0.05, 0.1) is 23.7 Å². The number of hydrogen-bond donors (Lipinski definition) is 4. The highest BCUT2D eigenvalue weighted by molar-refractivity contribution is 7.92. The summed E-state index contributed by atoms with van der Waals surface area (Å²) >= 11 is 6.12. The molecule has 310 valence electrons. The van der Waals surface area contributed by atoms with E-state index in [4.69, 9.17) is 16.0 Å². The van der Waals surface area contributed by atoms with E-state index in [0.717, 1.165) is 81.2 Å². The molecule has 0 aliphatic carbocycles. The van der Waals surface area contributed by atoms with Gasteiger partial charge < -0.3 is 30.0 Å². The number of unbranched alkanes of at least 4 members (excludes halogenated alkanes) is 6. The minimum absolute atomic E-state index is 0.00412. The number of benzene rings is 3. The van der Waals surface area contributed by atoms with E-state index in [0.29, 0.717) is 12.2 Å². The molecule has 0 saturated carbocycles. The average Bonchev–Trinajstić information content (AvgIpc) is 3.12. The first-order valence-electron chi connectivity index (χ1n) is 19.9. The Morgan fingerprint density at radius 3 is 2.27 bits per heavy atom. The number of nitrogens with zero attached hydrogens (tertiary/aromatic N) is 2. The number of likely N-dealkylation sites (tertiary alicyclic amines) is 1. The molecule has 11 nitrogen and oxygen atoms in total. The van der Waals surface area contributed by atoms with Gasteiger partial charge in [0.15, 0.2) is 8.32 Å². The Morgan fingerprint density at radius 2 is 1.64 bits per heavy atom. The highest BCUT2D eigenvalue weighted by Gasteiger charge is 2.39. The predicted octanol–water partition coefficient (Wildman–Crippen LogP) is 9.19. The summed E-state index contributed by atoms with van der Waals surface area (Å²) < 4.78 is 33.0. The summed E-state index contributed by atoms with van der Waals surface area (Å²) in [5.74, 6) is -0.384. The first-order valence-corrected chi connectivity index (χ1v) is 25.0. The molecule has 1 atom stereocenters. The lowest BCUT2D eigenvalue weighted by atomic mass is 9.98. The first-order chi connectivity index (χ1) is 26.4. The van der Waals surface area contributed by atoms with Crippen LogP contribution in [0, 0.1) is 0 Å². The standard InChI is InChI=1S/C42H63ClN4O7SSi/c1-42(2,3)56(5,6)54-40(32-19-21-39(49)36(29-32)45-55(4,52)53)30-44-24-14-10-8-7-9-11-15-25-46-26-22-33(23-27-46)47(41(50)51)37-17-13-12-16-34(37)31-18-20-38(48)35(43)28-31/h12-13,16-21,28-29,33,40,44-45,48-49H,7-11,14-15,22-27,30H2,1-6H3,(H,50,51)/p-1/t40-/m0/s1. The van der Waals surface area contributed by atoms with Gasteiger partial charge in [0, 0.05) is 36.3 Å². The van der Waals surface area contributed by atoms with Gasteiger partial charge >= 0.3 is 6.09 Å². The van der Waals surface area contributed by atoms with Crippen LogP contribution in [0.15, 0.2) is 60.7 Å². The van der Waals surface area contributed by atoms with E-state index >= 15 is 0 Å². The molecule has 1 heterocycles. The normalized spacial score (nSPS) is 15.1. The zero-order valence-corrected chi connectivity index (χ0v) is 36.5. The second-order valence-electron chi connectivity index (χ2n) is 16.6. The van der Waals surface area contributed by atoms with E-state index in [1.165, 1.54) is 42.7 Å². The third kappa shape index (κ3) is 13.4. The number of anilines is 2. The largest absolute Gasteiger partial charge is 0.871 e. The van der Waals surface area contributed by atoms with Gasteiger partial charge in [0.1, 0.15) is 5.75 Å². The number of phenolic OH excluding ortho intramolecular Hbond substituents is 1. The molecule has 0 radical (unpaired) electrons. The fraction of sp³-hybridized carbons (Fsp3) is 0.548. The molecule has 1 fully saturated rings. The number of aromatic hydroxyl groups is 1. The van der Waals surface area contributed by atoms with Gasteiger partial charge in [-0.15, -0.1) is 0 Å². The van der Waals surface area contributed by atoms with Gasteiger partial charge in [-0.2, -0.15) is 0 Å². The van der Waals surface area contributed by atoms with Gasteiger partial charge in [-0.25, -0.2) is 13.2 Å². The third-order valence-corrected chi connectivity index (χ3v) is 16.5. The van der Waals surface area contributed by atoms with Gasteiger partial charge in [-0.3, -0.25) is 9.62 Å². The number of piperidine rings is 1. The average molecular weight is 831 g/mol. The highest BCUT2D eigenvalue weighted by atomic mass is 35.5. The number of halogens is 1. The summed E-state index contributed by atoms with van der Waals surface area (Å²) in [6, 6.07) is 17.0. The lowest BCUT2D eigenvalue weighted by molar-refractivity contribution is -0.268. The zero-order chi connectivity index (χ0) is 41.1. The van der Waals surface area contributed by atoms with Crippen LogP contribution in [0.3, 0.4) is 0 Å². The SMILES string of the molecule is CC(C)(C)[Si](C)(C)O[C@@H](CNCCCCCCCCCN1CCC(N(C(=O)O)c2ccccc2-c2ccc([O-])c(Cl)c2)CC1)c1ccc(O)c(NS(C)(=O)=O)c1. The van der Waals surface area contributed by atoms with Crippen LogP contribution >= 0.6 is 11.6 Å². The summed E-state index contributed by atoms with van der Waals surface area (Å²) in [5.41, 5.74) is 3.03. The zero-order valence-electron chi connectivity index (χ0n) is 33.9. The monoisotopic (exact) mass is 829 g/mol. The van der Waals surface area contributed by atoms with Crippen molar-refractivity contribution in [1.29, 1.82) is 0 Å². The number of rotatable bonds is 20. The second kappa shape index (κ2) is 20.4. The van der Waals surface area contributed by atoms with Crippen LogP contribution in [0.1, 0.15) is 90.2 Å². The lowest BCUT2D eigenvalue weighted by Crippen LogP contribution is -2.47. The Morgan fingerprint density at radius 1 is 1.00 bits per heavy atom. The Bertz CT molecular complexity index is 1850. The van der Waals surface area contributed by atoms with Crippen molar-refractivity contribution in [2.75, 3.05) is 48.6 Å². The Labute approximate surface area is 340 Å². The van der Waals surface area contributed by atoms with Crippen LogP contribution in [-0.4, -0.2) is 83.0 Å². The van der Waals surface area contributed by atoms with Gasteiger partial charge in [0.2, 0.25) is 10.0 Å². The summed E-state index contributed by atoms with van der Waals surface area (Å²) in [7, 11) is -5.71. The molecule has 4 N–H and O–H groups in total. The molecule has 1 saturated heterocycles. The van der Waals surface area contributed by atoms with Gasteiger partial charge in [-0.05, 0) is 92.3 Å². The molecular formula is C42H62ClN4O7SSi-. The number of phenols is 1. The number of carboxylic acid groups (broad SMARTS) is 1. The third-order valence-electron chi connectivity index (χ3n) is 11.1. The molecule has 1 aliphatic heterocycles. The Balaban J connectivity index is 1.15. The Hall–Kier alpha value is -3.33. The lowest BCUT2D eigenvalue weighted by Gasteiger charge is -2.39. The maximum absolute atomic E-state index is 12.6. The molecule has 4 rings (SSSR count). The molecule has 0 unspecified atom stereocenters. The van der Waals surface area contributed by atoms with Gasteiger partial charge in [-0.1, -0.05) is 107 Å². The van der Waals surface area contributed by atoms with Crippen molar-refractivity contribution in [3.05, 3.63) is 71.2 Å². The Kier molecular flexibility index (Phi) is 16.5. The molecule has 1 aliphatic rings. The summed E-state index contributed by atoms with van der Waals surface area (Å²) in [4.78, 5) is 16.5. The molecule has 56 heavy (non-hydrogen) atoms. The quantitative estimate of drug-likeness (QED) is 0.0496. The molecule has 3 aromatic rings. The van der Waals surface area contributed by atoms with Crippen LogP contribution < -0.4 is 20.0 Å². The molecule has 3 aromatic carbocycles. The summed E-state index contributed by atoms with van der Waals surface area (Å²) in [5, 5.41) is 36.1. The van der Waals surface area contributed by atoms with Gasteiger partial charge in [0.25, 0.3) is 0 Å². The van der Waals surface area contributed by atoms with Crippen molar-refractivity contribution in [2.24, 2.45) is 0 Å². The number of amides is 1. The van der Waals surface area contributed by atoms with Crippen LogP contribution in [0.5, 0.6) is 11.5 Å². The number of sulfonamides is 1. The number of hydrogen-bond acceptors (Lipinski definition) is 8. The van der Waals surface area contributed by atoms with Crippen LogP contribution in [0.2, 0.25) is 23.2 Å². The maximum atomic E-state index is 12.6. The number of nitrogens with one attached hydrogen (secondary N) is 2. The number of para-hydroxylation sites is 1. The molecule has 1 amide bonds. The van der Waals surface area contributed by atoms with Crippen molar-refractivity contribution < 1.29 is 33.0 Å². The van der Waals surface area contributed by atoms with Crippen LogP contribution in [-0.2, 0) is 14.4 Å². The summed E-state index contributed by atoms with van der Waals surface area (Å²) in [6.07, 6.45) is 9.36. The van der Waals surface area contributed by atoms with Crippen molar-refractivity contribution in [1.82, 2.24) is 10.2 Å². The molecule has 0 aromatic heterocycles. The molecule has 0 bridgehead atoms. The molecule has 14 heteroatoms. The van der Waals surface area contributed by atoms with Crippen molar-refractivity contribution in [3.63, 3.8) is 0 Å². The molecular weight excluding hydrogens is 768 g/mol. The minimum atomic E-state index is -3.55. The number of carbonyl (C=O) groups is 1. The summed E-state index contributed by atoms with van der Waals surface area (Å²) in [6.45, 7) is 15.1. The fourth-order valence-corrected chi connectivity index (χ4v) is 8.98. The van der Waals surface area contributed by atoms with E-state index in [-0.39, 0.29) is 39.4 Å². The predicted molar refractivity (Wildman–Crippen MR) is 229 cm³/mol. The smallest absolute Gasteiger partial charge is 0.412 e. The first kappa shape index (κ1) is 45.4. The minimum Gasteiger partial charge on any atom is -0.871 e. The highest BCUT2D eigenvalue weighted by Crippen LogP contribution is 2.41.